The number of hydrogen-bond donors (Lipinski definition) is 0. The van der Waals surface area contributed by atoms with Gasteiger partial charge in [0.2, 0.25) is 0 Å². The van der Waals surface area contributed by atoms with Gasteiger partial charge >= 0.3 is 0 Å². The molecule has 2 aliphatic rings. The Hall–Kier alpha value is 0.650. The van der Waals surface area contributed by atoms with E-state index < -0.39 is 0 Å². The first-order chi connectivity index (χ1) is 7.76. The summed E-state index contributed by atoms with van der Waals surface area (Å²) in [7, 11) is 0. The Morgan fingerprint density at radius 1 is 1.19 bits per heavy atom. The third kappa shape index (κ3) is 3.10. The lowest BCUT2D eigenvalue weighted by atomic mass is 9.95. The predicted octanol–water partition coefficient (Wildman–Crippen LogP) is 3.57. The topological polar surface area (TPSA) is 18.5 Å². The van der Waals surface area contributed by atoms with Crippen molar-refractivity contribution in [3.8, 4) is 0 Å². The number of rotatable bonds is 3. The molecule has 0 radical (unpaired) electrons. The lowest BCUT2D eigenvalue weighted by Gasteiger charge is -2.35. The summed E-state index contributed by atoms with van der Waals surface area (Å²) in [5, 5.41) is 0. The first kappa shape index (κ1) is 13.1. The average molecular weight is 338 g/mol. The van der Waals surface area contributed by atoms with Crippen molar-refractivity contribution in [3.63, 3.8) is 0 Å². The Morgan fingerprint density at radius 2 is 1.88 bits per heavy atom. The van der Waals surface area contributed by atoms with Gasteiger partial charge < -0.3 is 9.47 Å². The first-order valence-electron chi connectivity index (χ1n) is 6.57. The monoisotopic (exact) mass is 338 g/mol. The van der Waals surface area contributed by atoms with Crippen LogP contribution in [0.3, 0.4) is 0 Å². The number of halogens is 1. The standard InChI is InChI=1S/C13H23IO2/c1-11-8-15-9-12(11)16-13(10-14)6-4-2-3-5-7-13/h11-12H,2-10H2,1H3. The van der Waals surface area contributed by atoms with Crippen LogP contribution < -0.4 is 0 Å². The van der Waals surface area contributed by atoms with Gasteiger partial charge in [-0.25, -0.2) is 0 Å². The molecule has 0 amide bonds. The molecule has 1 saturated heterocycles. The van der Waals surface area contributed by atoms with Crippen LogP contribution in [0.1, 0.15) is 45.4 Å². The first-order valence-corrected chi connectivity index (χ1v) is 8.10. The van der Waals surface area contributed by atoms with Crippen LogP contribution in [-0.4, -0.2) is 29.3 Å². The lowest BCUT2D eigenvalue weighted by molar-refractivity contribution is -0.0967. The normalized spacial score (nSPS) is 34.9. The van der Waals surface area contributed by atoms with Gasteiger partial charge in [0, 0.05) is 10.3 Å². The Morgan fingerprint density at radius 3 is 2.38 bits per heavy atom. The van der Waals surface area contributed by atoms with Crippen molar-refractivity contribution in [2.24, 2.45) is 5.92 Å². The fourth-order valence-electron chi connectivity index (χ4n) is 2.77. The molecule has 94 valence electrons. The SMILES string of the molecule is CC1COCC1OC1(CI)CCCCCC1. The van der Waals surface area contributed by atoms with Crippen LogP contribution in [0.15, 0.2) is 0 Å². The van der Waals surface area contributed by atoms with E-state index in [1.54, 1.807) is 0 Å². The van der Waals surface area contributed by atoms with Crippen LogP contribution in [0.5, 0.6) is 0 Å². The highest BCUT2D eigenvalue weighted by Crippen LogP contribution is 2.35. The van der Waals surface area contributed by atoms with E-state index in [1.807, 2.05) is 0 Å². The minimum Gasteiger partial charge on any atom is -0.378 e. The van der Waals surface area contributed by atoms with Crippen molar-refractivity contribution in [2.45, 2.75) is 57.2 Å². The molecule has 2 atom stereocenters. The Labute approximate surface area is 113 Å². The van der Waals surface area contributed by atoms with Gasteiger partial charge in [-0.3, -0.25) is 0 Å². The molecule has 0 aromatic rings. The van der Waals surface area contributed by atoms with E-state index in [2.05, 4.69) is 29.5 Å². The molecule has 0 spiro atoms. The highest BCUT2D eigenvalue weighted by Gasteiger charge is 2.37. The van der Waals surface area contributed by atoms with E-state index in [0.29, 0.717) is 12.0 Å². The zero-order valence-electron chi connectivity index (χ0n) is 10.2. The lowest BCUT2D eigenvalue weighted by Crippen LogP contribution is -2.40. The molecule has 2 nitrogen and oxygen atoms in total. The number of alkyl halides is 1. The molecule has 0 N–H and O–H groups in total. The van der Waals surface area contributed by atoms with Gasteiger partial charge in [0.25, 0.3) is 0 Å². The van der Waals surface area contributed by atoms with E-state index in [9.17, 15) is 0 Å². The van der Waals surface area contributed by atoms with Crippen LogP contribution in [0.25, 0.3) is 0 Å². The summed E-state index contributed by atoms with van der Waals surface area (Å²) in [6.07, 6.45) is 8.29. The average Bonchev–Trinajstić information content (AvgIpc) is 2.56. The zero-order chi connectivity index (χ0) is 11.4. The van der Waals surface area contributed by atoms with Crippen molar-refractivity contribution in [2.75, 3.05) is 17.6 Å². The largest absolute Gasteiger partial charge is 0.378 e. The molecule has 0 aromatic heterocycles. The second kappa shape index (κ2) is 6.01. The smallest absolute Gasteiger partial charge is 0.0863 e. The summed E-state index contributed by atoms with van der Waals surface area (Å²) in [6.45, 7) is 3.93. The van der Waals surface area contributed by atoms with Crippen LogP contribution in [0.4, 0.5) is 0 Å². The molecule has 2 unspecified atom stereocenters. The maximum atomic E-state index is 6.45. The van der Waals surface area contributed by atoms with E-state index in [4.69, 9.17) is 9.47 Å². The van der Waals surface area contributed by atoms with E-state index >= 15 is 0 Å². The predicted molar refractivity (Wildman–Crippen MR) is 74.2 cm³/mol. The van der Waals surface area contributed by atoms with Crippen molar-refractivity contribution in [3.05, 3.63) is 0 Å². The molecular weight excluding hydrogens is 315 g/mol. The van der Waals surface area contributed by atoms with Crippen molar-refractivity contribution in [1.29, 1.82) is 0 Å². The second-order valence-electron chi connectivity index (χ2n) is 5.40. The van der Waals surface area contributed by atoms with Gasteiger partial charge in [0.15, 0.2) is 0 Å². The molecule has 2 fully saturated rings. The van der Waals surface area contributed by atoms with Gasteiger partial charge in [-0.05, 0) is 12.8 Å². The maximum absolute atomic E-state index is 6.45. The highest BCUT2D eigenvalue weighted by molar-refractivity contribution is 14.1. The van der Waals surface area contributed by atoms with Gasteiger partial charge in [0.05, 0.1) is 24.9 Å². The molecule has 16 heavy (non-hydrogen) atoms. The highest BCUT2D eigenvalue weighted by atomic mass is 127. The molecule has 1 aliphatic heterocycles. The quantitative estimate of drug-likeness (QED) is 0.445. The van der Waals surface area contributed by atoms with Crippen LogP contribution >= 0.6 is 22.6 Å². The van der Waals surface area contributed by atoms with Crippen molar-refractivity contribution < 1.29 is 9.47 Å². The summed E-state index contributed by atoms with van der Waals surface area (Å²) in [5.41, 5.74) is 0.156. The fourth-order valence-corrected chi connectivity index (χ4v) is 3.71. The zero-order valence-corrected chi connectivity index (χ0v) is 12.4. The van der Waals surface area contributed by atoms with Crippen LogP contribution in [0.2, 0.25) is 0 Å². The third-order valence-electron chi connectivity index (χ3n) is 3.96. The third-order valence-corrected chi connectivity index (χ3v) is 5.35. The molecule has 1 saturated carbocycles. The molecule has 2 rings (SSSR count). The number of ether oxygens (including phenoxy) is 2. The summed E-state index contributed by atoms with van der Waals surface area (Å²) in [6, 6.07) is 0. The Bertz CT molecular complexity index is 212. The minimum atomic E-state index is 0.156. The minimum absolute atomic E-state index is 0.156. The maximum Gasteiger partial charge on any atom is 0.0863 e. The van der Waals surface area contributed by atoms with E-state index in [1.165, 1.54) is 38.5 Å². The number of hydrogen-bond acceptors (Lipinski definition) is 2. The summed E-state index contributed by atoms with van der Waals surface area (Å²) < 4.78 is 13.1. The fraction of sp³-hybridized carbons (Fsp3) is 1.00. The van der Waals surface area contributed by atoms with Crippen molar-refractivity contribution >= 4 is 22.6 Å². The van der Waals surface area contributed by atoms with Gasteiger partial charge in [-0.15, -0.1) is 0 Å². The molecule has 1 aliphatic carbocycles. The summed E-state index contributed by atoms with van der Waals surface area (Å²) >= 11 is 2.50. The second-order valence-corrected chi connectivity index (χ2v) is 6.16. The Balaban J connectivity index is 1.96. The van der Waals surface area contributed by atoms with Gasteiger partial charge in [0.1, 0.15) is 0 Å². The van der Waals surface area contributed by atoms with Gasteiger partial charge in [-0.1, -0.05) is 55.2 Å². The Kier molecular flexibility index (Phi) is 4.91. The molecular formula is C13H23IO2. The van der Waals surface area contributed by atoms with E-state index in [-0.39, 0.29) is 5.60 Å². The summed E-state index contributed by atoms with van der Waals surface area (Å²) in [5.74, 6) is 0.572. The molecule has 1 heterocycles. The molecule has 0 aromatic carbocycles. The van der Waals surface area contributed by atoms with Crippen LogP contribution in [0, 0.1) is 5.92 Å². The summed E-state index contributed by atoms with van der Waals surface area (Å²) in [4.78, 5) is 0. The van der Waals surface area contributed by atoms with Crippen LogP contribution in [-0.2, 0) is 9.47 Å². The van der Waals surface area contributed by atoms with E-state index in [0.717, 1.165) is 17.6 Å². The van der Waals surface area contributed by atoms with Crippen molar-refractivity contribution in [1.82, 2.24) is 0 Å². The molecule has 3 heteroatoms. The van der Waals surface area contributed by atoms with Gasteiger partial charge in [-0.2, -0.15) is 0 Å². The molecule has 0 bridgehead atoms.